The molecule has 1 amide bonds. The molecule has 0 aliphatic rings. The van der Waals surface area contributed by atoms with E-state index in [1.54, 1.807) is 0 Å². The van der Waals surface area contributed by atoms with Gasteiger partial charge in [0.1, 0.15) is 0 Å². The lowest BCUT2D eigenvalue weighted by Crippen LogP contribution is -2.36. The van der Waals surface area contributed by atoms with Crippen LogP contribution in [0.1, 0.15) is 10.4 Å². The summed E-state index contributed by atoms with van der Waals surface area (Å²) in [5.74, 6) is -0.504. The van der Waals surface area contributed by atoms with Gasteiger partial charge in [-0.25, -0.2) is 16.8 Å². The number of nitrogens with zero attached hydrogens (tertiary/aromatic N) is 3. The number of nitrogens with one attached hydrogen (secondary N) is 1. The maximum atomic E-state index is 13.0. The van der Waals surface area contributed by atoms with E-state index in [9.17, 15) is 21.6 Å². The Morgan fingerprint density at radius 1 is 0.889 bits per heavy atom. The standard InChI is InChI=1S/C22H26N4O8S2/c1-32-14-12-26(13-15-33-2)36(30,31)19-10-4-16(5-11-19)20(27)23-22-25-24-21(34-22)17-6-8-18(9-7-17)35(3,28)29/h4-11H,12-15H2,1-3H3,(H,23,25,27). The fourth-order valence-corrected chi connectivity index (χ4v) is 5.11. The van der Waals surface area contributed by atoms with E-state index in [-0.39, 0.29) is 53.6 Å². The minimum absolute atomic E-state index is 0.0175. The smallest absolute Gasteiger partial charge is 0.322 e. The van der Waals surface area contributed by atoms with Crippen molar-refractivity contribution in [3.8, 4) is 11.5 Å². The second-order valence-corrected chi connectivity index (χ2v) is 11.5. The third-order valence-electron chi connectivity index (χ3n) is 5.02. The molecule has 3 aromatic rings. The number of hydrogen-bond acceptors (Lipinski definition) is 10. The highest BCUT2D eigenvalue weighted by atomic mass is 32.2. The topological polar surface area (TPSA) is 158 Å². The molecule has 14 heteroatoms. The van der Waals surface area contributed by atoms with Crippen molar-refractivity contribution in [3.63, 3.8) is 0 Å². The number of rotatable bonds is 12. The molecule has 3 rings (SSSR count). The number of ether oxygens (including phenoxy) is 2. The van der Waals surface area contributed by atoms with Crippen LogP contribution in [0.5, 0.6) is 0 Å². The van der Waals surface area contributed by atoms with Gasteiger partial charge in [0.15, 0.2) is 9.84 Å². The highest BCUT2D eigenvalue weighted by Crippen LogP contribution is 2.22. The summed E-state index contributed by atoms with van der Waals surface area (Å²) in [6.07, 6.45) is 1.10. The average molecular weight is 539 g/mol. The van der Waals surface area contributed by atoms with Gasteiger partial charge in [0.25, 0.3) is 5.91 Å². The second kappa shape index (κ2) is 11.7. The average Bonchev–Trinajstić information content (AvgIpc) is 3.32. The molecule has 0 aliphatic heterocycles. The summed E-state index contributed by atoms with van der Waals surface area (Å²) >= 11 is 0. The van der Waals surface area contributed by atoms with Gasteiger partial charge >= 0.3 is 6.01 Å². The van der Waals surface area contributed by atoms with Gasteiger partial charge in [0.05, 0.1) is 23.0 Å². The first-order valence-electron chi connectivity index (χ1n) is 10.6. The molecule has 1 aromatic heterocycles. The van der Waals surface area contributed by atoms with Crippen molar-refractivity contribution in [1.82, 2.24) is 14.5 Å². The van der Waals surface area contributed by atoms with Gasteiger partial charge in [-0.1, -0.05) is 5.10 Å². The lowest BCUT2D eigenvalue weighted by Gasteiger charge is -2.21. The largest absolute Gasteiger partial charge is 0.403 e. The first-order chi connectivity index (χ1) is 17.1. The summed E-state index contributed by atoms with van der Waals surface area (Å²) in [7, 11) is -4.20. The van der Waals surface area contributed by atoms with Crippen molar-refractivity contribution in [1.29, 1.82) is 0 Å². The molecule has 12 nitrogen and oxygen atoms in total. The number of amides is 1. The third-order valence-corrected chi connectivity index (χ3v) is 8.06. The van der Waals surface area contributed by atoms with Crippen LogP contribution < -0.4 is 5.32 Å². The predicted molar refractivity (Wildman–Crippen MR) is 130 cm³/mol. The molecular formula is C22H26N4O8S2. The zero-order valence-corrected chi connectivity index (χ0v) is 21.5. The number of benzene rings is 2. The molecule has 194 valence electrons. The van der Waals surface area contributed by atoms with Crippen molar-refractivity contribution >= 4 is 31.8 Å². The van der Waals surface area contributed by atoms with Crippen LogP contribution in [0.2, 0.25) is 0 Å². The van der Waals surface area contributed by atoms with Crippen molar-refractivity contribution in [2.75, 3.05) is 52.1 Å². The fourth-order valence-electron chi connectivity index (χ4n) is 3.07. The number of hydrogen-bond donors (Lipinski definition) is 1. The van der Waals surface area contributed by atoms with E-state index < -0.39 is 25.8 Å². The predicted octanol–water partition coefficient (Wildman–Crippen LogP) is 1.68. The van der Waals surface area contributed by atoms with E-state index in [2.05, 4.69) is 15.5 Å². The van der Waals surface area contributed by atoms with Gasteiger partial charge in [0.2, 0.25) is 15.9 Å². The molecule has 0 aliphatic carbocycles. The number of carbonyl (C=O) groups excluding carboxylic acids is 1. The van der Waals surface area contributed by atoms with E-state index >= 15 is 0 Å². The highest BCUT2D eigenvalue weighted by molar-refractivity contribution is 7.90. The zero-order valence-electron chi connectivity index (χ0n) is 19.9. The van der Waals surface area contributed by atoms with Crippen LogP contribution in [0, 0.1) is 0 Å². The lowest BCUT2D eigenvalue weighted by atomic mass is 10.2. The Morgan fingerprint density at radius 3 is 1.97 bits per heavy atom. The highest BCUT2D eigenvalue weighted by Gasteiger charge is 2.24. The molecule has 0 spiro atoms. The van der Waals surface area contributed by atoms with Crippen LogP contribution in [-0.4, -0.2) is 84.0 Å². The normalized spacial score (nSPS) is 12.1. The SMILES string of the molecule is COCCN(CCOC)S(=O)(=O)c1ccc(C(=O)Nc2nnc(-c3ccc(S(C)(=O)=O)cc3)o2)cc1. The Kier molecular flexibility index (Phi) is 8.92. The zero-order chi connectivity index (χ0) is 26.3. The second-order valence-electron chi connectivity index (χ2n) is 7.58. The Morgan fingerprint density at radius 2 is 1.44 bits per heavy atom. The minimum atomic E-state index is -3.82. The molecule has 0 saturated carbocycles. The van der Waals surface area contributed by atoms with E-state index in [0.29, 0.717) is 5.56 Å². The molecule has 0 bridgehead atoms. The Hall–Kier alpha value is -3.17. The summed E-state index contributed by atoms with van der Waals surface area (Å²) in [5, 5.41) is 10.1. The van der Waals surface area contributed by atoms with E-state index in [1.807, 2.05) is 0 Å². The molecule has 0 radical (unpaired) electrons. The van der Waals surface area contributed by atoms with Gasteiger partial charge in [0, 0.05) is 44.7 Å². The summed E-state index contributed by atoms with van der Waals surface area (Å²) in [6, 6.07) is 11.1. The monoisotopic (exact) mass is 538 g/mol. The van der Waals surface area contributed by atoms with Crippen LogP contribution in [0.4, 0.5) is 6.01 Å². The first kappa shape index (κ1) is 27.4. The third kappa shape index (κ3) is 6.73. The number of aromatic nitrogens is 2. The summed E-state index contributed by atoms with van der Waals surface area (Å²) in [6.45, 7) is 0.747. The summed E-state index contributed by atoms with van der Waals surface area (Å²) in [5.41, 5.74) is 0.642. The number of sulfonamides is 1. The summed E-state index contributed by atoms with van der Waals surface area (Å²) in [4.78, 5) is 12.8. The number of sulfone groups is 1. The maximum absolute atomic E-state index is 13.0. The Bertz CT molecular complexity index is 1380. The van der Waals surface area contributed by atoms with Crippen LogP contribution >= 0.6 is 0 Å². The number of carbonyl (C=O) groups is 1. The first-order valence-corrected chi connectivity index (χ1v) is 13.9. The maximum Gasteiger partial charge on any atom is 0.322 e. The fraction of sp³-hybridized carbons (Fsp3) is 0.318. The molecule has 0 atom stereocenters. The molecule has 1 heterocycles. The molecule has 0 saturated heterocycles. The van der Waals surface area contributed by atoms with Crippen molar-refractivity contribution in [2.45, 2.75) is 9.79 Å². The van der Waals surface area contributed by atoms with Crippen LogP contribution in [-0.2, 0) is 29.3 Å². The molecule has 1 N–H and O–H groups in total. The van der Waals surface area contributed by atoms with Gasteiger partial charge in [-0.2, -0.15) is 4.31 Å². The van der Waals surface area contributed by atoms with Crippen LogP contribution in [0.25, 0.3) is 11.5 Å². The lowest BCUT2D eigenvalue weighted by molar-refractivity contribution is 0.102. The number of methoxy groups -OCH3 is 2. The van der Waals surface area contributed by atoms with Gasteiger partial charge in [-0.05, 0) is 48.5 Å². The van der Waals surface area contributed by atoms with Gasteiger partial charge in [-0.3, -0.25) is 10.1 Å². The molecule has 0 unspecified atom stereocenters. The van der Waals surface area contributed by atoms with Crippen LogP contribution in [0.15, 0.2) is 62.7 Å². The van der Waals surface area contributed by atoms with Crippen molar-refractivity contribution in [2.24, 2.45) is 0 Å². The molecular weight excluding hydrogens is 512 g/mol. The van der Waals surface area contributed by atoms with E-state index in [1.165, 1.54) is 67.1 Å². The van der Waals surface area contributed by atoms with Gasteiger partial charge in [-0.15, -0.1) is 5.10 Å². The van der Waals surface area contributed by atoms with Crippen LogP contribution in [0.3, 0.4) is 0 Å². The summed E-state index contributed by atoms with van der Waals surface area (Å²) < 4.78 is 65.8. The van der Waals surface area contributed by atoms with E-state index in [0.717, 1.165) is 6.26 Å². The number of anilines is 1. The van der Waals surface area contributed by atoms with E-state index in [4.69, 9.17) is 13.9 Å². The quantitative estimate of drug-likeness (QED) is 0.359. The van der Waals surface area contributed by atoms with Crippen molar-refractivity contribution in [3.05, 3.63) is 54.1 Å². The van der Waals surface area contributed by atoms with Crippen molar-refractivity contribution < 1.29 is 35.5 Å². The Balaban J connectivity index is 1.70. The molecule has 36 heavy (non-hydrogen) atoms. The molecule has 2 aromatic carbocycles. The Labute approximate surface area is 209 Å². The minimum Gasteiger partial charge on any atom is -0.403 e. The molecule has 0 fully saturated rings. The van der Waals surface area contributed by atoms with Gasteiger partial charge < -0.3 is 13.9 Å².